The number of rotatable bonds is 9. The normalized spacial score (nSPS) is 15.8. The lowest BCUT2D eigenvalue weighted by Gasteiger charge is -2.29. The first kappa shape index (κ1) is 24.9. The number of aliphatic imine (C=N–C) groups is 1. The summed E-state index contributed by atoms with van der Waals surface area (Å²) in [5.74, 6) is 0.956. The van der Waals surface area contributed by atoms with Crippen LogP contribution in [0.1, 0.15) is 43.7 Å². The van der Waals surface area contributed by atoms with Gasteiger partial charge in [0.1, 0.15) is 0 Å². The van der Waals surface area contributed by atoms with Gasteiger partial charge < -0.3 is 15.3 Å². The Balaban J connectivity index is 0.00000392. The molecule has 28 heavy (non-hydrogen) atoms. The molecule has 1 fully saturated rings. The molecule has 0 aliphatic carbocycles. The summed E-state index contributed by atoms with van der Waals surface area (Å²) in [6.07, 6.45) is 5.75. The first-order chi connectivity index (χ1) is 13.1. The molecule has 1 heterocycles. The van der Waals surface area contributed by atoms with Gasteiger partial charge in [-0.25, -0.2) is 4.99 Å². The number of hydrogen-bond donors (Lipinski definition) is 2. The van der Waals surface area contributed by atoms with Crippen LogP contribution in [0.5, 0.6) is 0 Å². The molecule has 0 bridgehead atoms. The van der Waals surface area contributed by atoms with Gasteiger partial charge in [-0.15, -0.1) is 30.6 Å². The highest BCUT2D eigenvalue weighted by Crippen LogP contribution is 2.14. The van der Waals surface area contributed by atoms with Gasteiger partial charge in [0.05, 0.1) is 12.6 Å². The molecule has 1 aliphatic heterocycles. The summed E-state index contributed by atoms with van der Waals surface area (Å²) in [4.78, 5) is 9.39. The van der Waals surface area contributed by atoms with Crippen LogP contribution in [0.3, 0.4) is 0 Å². The van der Waals surface area contributed by atoms with E-state index < -0.39 is 0 Å². The van der Waals surface area contributed by atoms with Crippen molar-refractivity contribution in [1.82, 2.24) is 15.1 Å². The van der Waals surface area contributed by atoms with Gasteiger partial charge in [-0.3, -0.25) is 4.90 Å². The smallest absolute Gasteiger partial charge is 0.193 e. The van der Waals surface area contributed by atoms with Crippen LogP contribution in [0.4, 0.5) is 0 Å². The summed E-state index contributed by atoms with van der Waals surface area (Å²) in [5.41, 5.74) is 2.55. The van der Waals surface area contributed by atoms with E-state index >= 15 is 0 Å². The standard InChI is InChI=1S/C22H36N4O.HI/c1-4-6-7-14-25(3)22(23-5-2)24-17-19-8-10-20(11-9-19)18-26-15-12-21(27)13-16-26;/h4,8-11,21,27H,1,5-7,12-18H2,2-3H3,(H,23,24);1H. The van der Waals surface area contributed by atoms with Crippen LogP contribution in [-0.2, 0) is 13.1 Å². The molecule has 0 saturated carbocycles. The lowest BCUT2D eigenvalue weighted by atomic mass is 10.1. The van der Waals surface area contributed by atoms with Crippen LogP contribution < -0.4 is 5.32 Å². The number of guanidine groups is 1. The van der Waals surface area contributed by atoms with E-state index in [1.54, 1.807) is 0 Å². The maximum Gasteiger partial charge on any atom is 0.193 e. The maximum absolute atomic E-state index is 9.62. The number of aliphatic hydroxyl groups is 1. The first-order valence-electron chi connectivity index (χ1n) is 10.2. The van der Waals surface area contributed by atoms with Crippen molar-refractivity contribution in [3.8, 4) is 0 Å². The zero-order valence-electron chi connectivity index (χ0n) is 17.4. The number of halogens is 1. The van der Waals surface area contributed by atoms with E-state index in [2.05, 4.69) is 59.9 Å². The van der Waals surface area contributed by atoms with Gasteiger partial charge in [-0.1, -0.05) is 30.3 Å². The van der Waals surface area contributed by atoms with Crippen LogP contribution >= 0.6 is 24.0 Å². The molecule has 5 nitrogen and oxygen atoms in total. The average Bonchev–Trinajstić information content (AvgIpc) is 2.68. The number of unbranched alkanes of at least 4 members (excludes halogenated alkanes) is 1. The summed E-state index contributed by atoms with van der Waals surface area (Å²) < 4.78 is 0. The zero-order chi connectivity index (χ0) is 19.5. The van der Waals surface area contributed by atoms with Crippen LogP contribution in [0.15, 0.2) is 41.9 Å². The Morgan fingerprint density at radius 3 is 2.54 bits per heavy atom. The molecular formula is C22H37IN4O. The third kappa shape index (κ3) is 8.92. The average molecular weight is 500 g/mol. The van der Waals surface area contributed by atoms with Crippen molar-refractivity contribution < 1.29 is 5.11 Å². The molecule has 2 N–H and O–H groups in total. The van der Waals surface area contributed by atoms with Gasteiger partial charge in [0.2, 0.25) is 0 Å². The second-order valence-corrected chi connectivity index (χ2v) is 7.35. The van der Waals surface area contributed by atoms with E-state index in [-0.39, 0.29) is 30.1 Å². The Hall–Kier alpha value is -1.12. The third-order valence-corrected chi connectivity index (χ3v) is 5.00. The molecule has 0 radical (unpaired) electrons. The fraction of sp³-hybridized carbons (Fsp3) is 0.591. The van der Waals surface area contributed by atoms with E-state index in [0.29, 0.717) is 6.54 Å². The second-order valence-electron chi connectivity index (χ2n) is 7.35. The predicted molar refractivity (Wildman–Crippen MR) is 129 cm³/mol. The largest absolute Gasteiger partial charge is 0.393 e. The summed E-state index contributed by atoms with van der Waals surface area (Å²) in [5, 5.41) is 13.0. The number of nitrogens with one attached hydrogen (secondary N) is 1. The van der Waals surface area contributed by atoms with E-state index in [9.17, 15) is 5.11 Å². The predicted octanol–water partition coefficient (Wildman–Crippen LogP) is 3.62. The topological polar surface area (TPSA) is 51.1 Å². The molecule has 2 rings (SSSR count). The number of piperidine rings is 1. The molecule has 1 saturated heterocycles. The van der Waals surface area contributed by atoms with E-state index in [4.69, 9.17) is 4.99 Å². The molecule has 6 heteroatoms. The molecule has 158 valence electrons. The third-order valence-electron chi connectivity index (χ3n) is 5.00. The molecule has 1 aliphatic rings. The molecule has 0 spiro atoms. The summed E-state index contributed by atoms with van der Waals surface area (Å²) >= 11 is 0. The van der Waals surface area contributed by atoms with Crippen molar-refractivity contribution >= 4 is 29.9 Å². The minimum absolute atomic E-state index is 0. The number of likely N-dealkylation sites (tertiary alicyclic amines) is 1. The molecule has 0 amide bonds. The lowest BCUT2D eigenvalue weighted by molar-refractivity contribution is 0.0792. The zero-order valence-corrected chi connectivity index (χ0v) is 19.8. The molecule has 0 aromatic heterocycles. The number of benzene rings is 1. The number of hydrogen-bond acceptors (Lipinski definition) is 3. The van der Waals surface area contributed by atoms with Gasteiger partial charge in [0.15, 0.2) is 5.96 Å². The second kappa shape index (κ2) is 14.0. The van der Waals surface area contributed by atoms with Crippen molar-refractivity contribution in [2.24, 2.45) is 4.99 Å². The van der Waals surface area contributed by atoms with E-state index in [1.165, 1.54) is 11.1 Å². The molecule has 0 atom stereocenters. The Morgan fingerprint density at radius 1 is 1.29 bits per heavy atom. The highest BCUT2D eigenvalue weighted by molar-refractivity contribution is 14.0. The van der Waals surface area contributed by atoms with Crippen LogP contribution in [-0.4, -0.2) is 60.2 Å². The fourth-order valence-corrected chi connectivity index (χ4v) is 3.30. The van der Waals surface area contributed by atoms with Gasteiger partial charge >= 0.3 is 0 Å². The van der Waals surface area contributed by atoms with E-state index in [1.807, 2.05) is 6.08 Å². The van der Waals surface area contributed by atoms with Crippen molar-refractivity contribution in [1.29, 1.82) is 0 Å². The Labute approximate surface area is 187 Å². The highest BCUT2D eigenvalue weighted by Gasteiger charge is 2.16. The van der Waals surface area contributed by atoms with Crippen molar-refractivity contribution in [3.63, 3.8) is 0 Å². The van der Waals surface area contributed by atoms with Gasteiger partial charge in [0.25, 0.3) is 0 Å². The number of aliphatic hydroxyl groups excluding tert-OH is 1. The minimum Gasteiger partial charge on any atom is -0.393 e. The highest BCUT2D eigenvalue weighted by atomic mass is 127. The number of allylic oxidation sites excluding steroid dienone is 1. The molecule has 1 aromatic carbocycles. The maximum atomic E-state index is 9.62. The lowest BCUT2D eigenvalue weighted by Crippen LogP contribution is -2.39. The van der Waals surface area contributed by atoms with Crippen molar-refractivity contribution in [2.45, 2.75) is 51.8 Å². The quantitative estimate of drug-likeness (QED) is 0.179. The monoisotopic (exact) mass is 500 g/mol. The molecule has 0 unspecified atom stereocenters. The van der Waals surface area contributed by atoms with Crippen molar-refractivity contribution in [3.05, 3.63) is 48.0 Å². The molecule has 1 aromatic rings. The summed E-state index contributed by atoms with van der Waals surface area (Å²) in [7, 11) is 2.09. The fourth-order valence-electron chi connectivity index (χ4n) is 3.30. The van der Waals surface area contributed by atoms with Crippen LogP contribution in [0, 0.1) is 0 Å². The Bertz CT molecular complexity index is 583. The summed E-state index contributed by atoms with van der Waals surface area (Å²) in [6.45, 7) is 11.3. The minimum atomic E-state index is -0.109. The Morgan fingerprint density at radius 2 is 1.93 bits per heavy atom. The van der Waals surface area contributed by atoms with E-state index in [0.717, 1.165) is 64.4 Å². The van der Waals surface area contributed by atoms with Crippen LogP contribution in [0.25, 0.3) is 0 Å². The van der Waals surface area contributed by atoms with Gasteiger partial charge in [-0.2, -0.15) is 0 Å². The Kier molecular flexibility index (Phi) is 12.4. The van der Waals surface area contributed by atoms with Crippen molar-refractivity contribution in [2.75, 3.05) is 33.2 Å². The number of nitrogens with zero attached hydrogens (tertiary/aromatic N) is 3. The van der Waals surface area contributed by atoms with Crippen LogP contribution in [0.2, 0.25) is 0 Å². The van der Waals surface area contributed by atoms with Gasteiger partial charge in [-0.05, 0) is 43.7 Å². The summed E-state index contributed by atoms with van der Waals surface area (Å²) in [6, 6.07) is 8.77. The van der Waals surface area contributed by atoms with Gasteiger partial charge in [0, 0.05) is 39.8 Å². The first-order valence-corrected chi connectivity index (χ1v) is 10.2. The molecular weight excluding hydrogens is 463 g/mol. The SMILES string of the molecule is C=CCCCN(C)C(=NCc1ccc(CN2CCC(O)CC2)cc1)NCC.I.